The van der Waals surface area contributed by atoms with Crippen LogP contribution in [-0.4, -0.2) is 36.2 Å². The molecular weight excluding hydrogens is 243 g/mol. The third-order valence-electron chi connectivity index (χ3n) is 2.89. The Balaban J connectivity index is 2.29. The molecule has 0 atom stereocenters. The van der Waals surface area contributed by atoms with Crippen LogP contribution in [0.4, 0.5) is 0 Å². The summed E-state index contributed by atoms with van der Waals surface area (Å²) in [6, 6.07) is 6.22. The van der Waals surface area contributed by atoms with Gasteiger partial charge in [0, 0.05) is 12.1 Å². The molecule has 1 aromatic rings. The lowest BCUT2D eigenvalue weighted by molar-refractivity contribution is 0.0953. The summed E-state index contributed by atoms with van der Waals surface area (Å²) in [5.41, 5.74) is 6.29. The molecule has 0 bridgehead atoms. The first-order chi connectivity index (χ1) is 9.15. The van der Waals surface area contributed by atoms with E-state index in [9.17, 15) is 4.79 Å². The average molecular weight is 264 g/mol. The van der Waals surface area contributed by atoms with Crippen molar-refractivity contribution in [1.29, 1.82) is 0 Å². The molecule has 6 heteroatoms. The van der Waals surface area contributed by atoms with Gasteiger partial charge in [-0.3, -0.25) is 4.79 Å². The molecule has 0 unspecified atom stereocenters. The van der Waals surface area contributed by atoms with Crippen LogP contribution in [0.1, 0.15) is 36.0 Å². The van der Waals surface area contributed by atoms with Crippen LogP contribution in [0.15, 0.2) is 24.3 Å². The van der Waals surface area contributed by atoms with E-state index in [1.54, 1.807) is 12.1 Å². The van der Waals surface area contributed by atoms with Crippen molar-refractivity contribution in [1.82, 2.24) is 5.32 Å². The molecule has 104 valence electrons. The van der Waals surface area contributed by atoms with Crippen molar-refractivity contribution in [2.75, 3.05) is 13.1 Å². The van der Waals surface area contributed by atoms with E-state index < -0.39 is 7.12 Å². The van der Waals surface area contributed by atoms with E-state index in [1.807, 2.05) is 0 Å². The molecule has 19 heavy (non-hydrogen) atoms. The Hall–Kier alpha value is -1.37. The molecule has 1 rings (SSSR count). The molecule has 5 nitrogen and oxygen atoms in total. The number of nitrogens with two attached hydrogens (primary N) is 1. The van der Waals surface area contributed by atoms with E-state index in [4.69, 9.17) is 15.8 Å². The van der Waals surface area contributed by atoms with Gasteiger partial charge in [-0.05, 0) is 37.0 Å². The second-order valence-electron chi connectivity index (χ2n) is 4.45. The lowest BCUT2D eigenvalue weighted by atomic mass is 9.80. The summed E-state index contributed by atoms with van der Waals surface area (Å²) in [5, 5.41) is 20.7. The lowest BCUT2D eigenvalue weighted by Crippen LogP contribution is -2.30. The first-order valence-electron chi connectivity index (χ1n) is 6.59. The topological polar surface area (TPSA) is 95.6 Å². The van der Waals surface area contributed by atoms with Gasteiger partial charge in [0.2, 0.25) is 0 Å². The van der Waals surface area contributed by atoms with Crippen molar-refractivity contribution >= 4 is 18.5 Å². The van der Waals surface area contributed by atoms with Gasteiger partial charge in [0.05, 0.1) is 0 Å². The summed E-state index contributed by atoms with van der Waals surface area (Å²) >= 11 is 0. The van der Waals surface area contributed by atoms with Gasteiger partial charge in [-0.15, -0.1) is 0 Å². The zero-order chi connectivity index (χ0) is 14.1. The first-order valence-corrected chi connectivity index (χ1v) is 6.59. The van der Waals surface area contributed by atoms with Gasteiger partial charge < -0.3 is 21.1 Å². The Kier molecular flexibility index (Phi) is 7.17. The molecule has 0 aliphatic heterocycles. The molecule has 0 aromatic heterocycles. The Morgan fingerprint density at radius 1 is 1.11 bits per heavy atom. The van der Waals surface area contributed by atoms with Gasteiger partial charge in [0.25, 0.3) is 5.91 Å². The maximum atomic E-state index is 11.8. The van der Waals surface area contributed by atoms with Gasteiger partial charge in [-0.1, -0.05) is 25.0 Å². The minimum absolute atomic E-state index is 0.141. The zero-order valence-corrected chi connectivity index (χ0v) is 11.0. The van der Waals surface area contributed by atoms with Crippen molar-refractivity contribution in [3.05, 3.63) is 29.8 Å². The van der Waals surface area contributed by atoms with Gasteiger partial charge in [0.1, 0.15) is 0 Å². The summed E-state index contributed by atoms with van der Waals surface area (Å²) in [7, 11) is -1.50. The number of amides is 1. The van der Waals surface area contributed by atoms with Gasteiger partial charge >= 0.3 is 7.12 Å². The summed E-state index contributed by atoms with van der Waals surface area (Å²) in [6.45, 7) is 1.36. The zero-order valence-electron chi connectivity index (χ0n) is 11.0. The van der Waals surface area contributed by atoms with Crippen LogP contribution >= 0.6 is 0 Å². The average Bonchev–Trinajstić information content (AvgIpc) is 2.42. The Morgan fingerprint density at radius 2 is 1.74 bits per heavy atom. The van der Waals surface area contributed by atoms with E-state index in [-0.39, 0.29) is 5.91 Å². The molecule has 5 N–H and O–H groups in total. The van der Waals surface area contributed by atoms with Crippen LogP contribution in [0.5, 0.6) is 0 Å². The van der Waals surface area contributed by atoms with E-state index in [1.165, 1.54) is 12.1 Å². The fourth-order valence-corrected chi connectivity index (χ4v) is 1.73. The number of hydrogen-bond acceptors (Lipinski definition) is 4. The van der Waals surface area contributed by atoms with Crippen LogP contribution < -0.4 is 16.5 Å². The monoisotopic (exact) mass is 264 g/mol. The second-order valence-corrected chi connectivity index (χ2v) is 4.45. The third-order valence-corrected chi connectivity index (χ3v) is 2.89. The SMILES string of the molecule is NCCCCCCNC(=O)c1ccc(B(O)O)cc1. The van der Waals surface area contributed by atoms with Crippen LogP contribution in [0.25, 0.3) is 0 Å². The van der Waals surface area contributed by atoms with Crippen molar-refractivity contribution in [3.63, 3.8) is 0 Å². The normalized spacial score (nSPS) is 10.3. The molecule has 1 amide bonds. The lowest BCUT2D eigenvalue weighted by Gasteiger charge is -2.06. The first kappa shape index (κ1) is 15.7. The number of carbonyl (C=O) groups is 1. The fourth-order valence-electron chi connectivity index (χ4n) is 1.73. The van der Waals surface area contributed by atoms with E-state index in [0.717, 1.165) is 32.2 Å². The molecular formula is C13H21BN2O3. The Morgan fingerprint density at radius 3 is 2.32 bits per heavy atom. The predicted octanol–water partition coefficient (Wildman–Crippen LogP) is -0.385. The van der Waals surface area contributed by atoms with E-state index >= 15 is 0 Å². The van der Waals surface area contributed by atoms with Crippen molar-refractivity contribution in [2.45, 2.75) is 25.7 Å². The Bertz CT molecular complexity index is 382. The molecule has 0 saturated carbocycles. The van der Waals surface area contributed by atoms with Crippen molar-refractivity contribution in [3.8, 4) is 0 Å². The number of hydrogen-bond donors (Lipinski definition) is 4. The van der Waals surface area contributed by atoms with Gasteiger partial charge in [-0.2, -0.15) is 0 Å². The molecule has 0 aliphatic rings. The molecule has 1 aromatic carbocycles. The standard InChI is InChI=1S/C13H21BN2O3/c15-9-3-1-2-4-10-16-13(17)11-5-7-12(8-6-11)14(18)19/h5-8,18-19H,1-4,9-10,15H2,(H,16,17). The van der Waals surface area contributed by atoms with Gasteiger partial charge in [0.15, 0.2) is 0 Å². The number of rotatable bonds is 8. The predicted molar refractivity (Wildman–Crippen MR) is 76.1 cm³/mol. The van der Waals surface area contributed by atoms with Crippen molar-refractivity contribution in [2.24, 2.45) is 5.73 Å². The smallest absolute Gasteiger partial charge is 0.423 e. The number of carbonyl (C=O) groups excluding carboxylic acids is 1. The van der Waals surface area contributed by atoms with E-state index in [0.29, 0.717) is 17.6 Å². The highest BCUT2D eigenvalue weighted by atomic mass is 16.4. The third kappa shape index (κ3) is 5.87. The van der Waals surface area contributed by atoms with Crippen LogP contribution in [0.3, 0.4) is 0 Å². The summed E-state index contributed by atoms with van der Waals surface area (Å²) in [4.78, 5) is 11.8. The number of benzene rings is 1. The largest absolute Gasteiger partial charge is 0.488 e. The minimum atomic E-state index is -1.50. The second kappa shape index (κ2) is 8.69. The molecule has 0 heterocycles. The van der Waals surface area contributed by atoms with Crippen molar-refractivity contribution < 1.29 is 14.8 Å². The summed E-state index contributed by atoms with van der Waals surface area (Å²) in [5.74, 6) is -0.141. The van der Waals surface area contributed by atoms with Gasteiger partial charge in [-0.25, -0.2) is 0 Å². The molecule has 0 aliphatic carbocycles. The Labute approximate surface area is 114 Å². The highest BCUT2D eigenvalue weighted by Crippen LogP contribution is 2.00. The quantitative estimate of drug-likeness (QED) is 0.380. The summed E-state index contributed by atoms with van der Waals surface area (Å²) < 4.78 is 0. The van der Waals surface area contributed by atoms with Crippen LogP contribution in [0.2, 0.25) is 0 Å². The number of unbranched alkanes of at least 4 members (excludes halogenated alkanes) is 3. The van der Waals surface area contributed by atoms with Crippen LogP contribution in [-0.2, 0) is 0 Å². The molecule has 0 radical (unpaired) electrons. The molecule has 0 spiro atoms. The highest BCUT2D eigenvalue weighted by Gasteiger charge is 2.11. The highest BCUT2D eigenvalue weighted by molar-refractivity contribution is 6.58. The van der Waals surface area contributed by atoms with E-state index in [2.05, 4.69) is 5.32 Å². The summed E-state index contributed by atoms with van der Waals surface area (Å²) in [6.07, 6.45) is 4.13. The molecule has 0 saturated heterocycles. The van der Waals surface area contributed by atoms with Crippen LogP contribution in [0, 0.1) is 0 Å². The maximum Gasteiger partial charge on any atom is 0.488 e. The maximum absolute atomic E-state index is 11.8. The molecule has 0 fully saturated rings. The number of nitrogens with one attached hydrogen (secondary N) is 1. The fraction of sp³-hybridized carbons (Fsp3) is 0.462. The minimum Gasteiger partial charge on any atom is -0.423 e.